The van der Waals surface area contributed by atoms with Crippen LogP contribution in [0.15, 0.2) is 49.3 Å². The number of halogens is 4. The highest BCUT2D eigenvalue weighted by molar-refractivity contribution is 6.31. The number of hydrogen-bond acceptors (Lipinski definition) is 9. The molecule has 0 aliphatic carbocycles. The Morgan fingerprint density at radius 2 is 1.89 bits per heavy atom. The van der Waals surface area contributed by atoms with Crippen molar-refractivity contribution in [2.75, 3.05) is 36.4 Å². The van der Waals surface area contributed by atoms with Crippen molar-refractivity contribution in [2.45, 2.75) is 51.3 Å². The molecule has 2 N–H and O–H groups in total. The van der Waals surface area contributed by atoms with Crippen LogP contribution in [0.4, 0.5) is 24.8 Å². The van der Waals surface area contributed by atoms with Crippen molar-refractivity contribution < 1.29 is 23.1 Å². The van der Waals surface area contributed by atoms with Gasteiger partial charge >= 0.3 is 0 Å². The number of nitrogens with zero attached hydrogens (tertiary/aromatic N) is 8. The van der Waals surface area contributed by atoms with Gasteiger partial charge in [-0.05, 0) is 33.3 Å². The van der Waals surface area contributed by atoms with Gasteiger partial charge in [-0.1, -0.05) is 17.7 Å². The van der Waals surface area contributed by atoms with Crippen LogP contribution < -0.4 is 10.2 Å². The van der Waals surface area contributed by atoms with Gasteiger partial charge in [0.05, 0.1) is 46.6 Å². The fraction of sp³-hybridized carbons (Fsp3) is 0.419. The molecule has 2 fully saturated rings. The molecular formula is C31H33ClF3N9O2. The van der Waals surface area contributed by atoms with Gasteiger partial charge in [0.15, 0.2) is 5.82 Å². The summed E-state index contributed by atoms with van der Waals surface area (Å²) in [5, 5.41) is 16.9. The number of carbonyl (C=O) groups excluding carboxylic acids is 1. The highest BCUT2D eigenvalue weighted by Gasteiger charge is 2.40. The number of nitrogens with one attached hydrogen (secondary N) is 1. The molecule has 3 aromatic heterocycles. The summed E-state index contributed by atoms with van der Waals surface area (Å²) >= 11 is 5.82. The van der Waals surface area contributed by atoms with Gasteiger partial charge in [0.1, 0.15) is 5.69 Å². The Bertz CT molecular complexity index is 1730. The minimum absolute atomic E-state index is 0.211. The van der Waals surface area contributed by atoms with E-state index in [1.165, 1.54) is 6.20 Å². The van der Waals surface area contributed by atoms with Crippen molar-refractivity contribution in [3.05, 3.63) is 77.0 Å². The zero-order chi connectivity index (χ0) is 32.7. The second-order valence-corrected chi connectivity index (χ2v) is 12.7. The third-order valence-electron chi connectivity index (χ3n) is 8.71. The summed E-state index contributed by atoms with van der Waals surface area (Å²) in [5.74, 6) is -0.797. The zero-order valence-electron chi connectivity index (χ0n) is 25.4. The molecule has 2 saturated heterocycles. The summed E-state index contributed by atoms with van der Waals surface area (Å²) < 4.78 is 43.6. The van der Waals surface area contributed by atoms with Crippen LogP contribution >= 0.6 is 11.6 Å². The summed E-state index contributed by atoms with van der Waals surface area (Å²) in [6.45, 7) is 9.23. The van der Waals surface area contributed by atoms with Crippen molar-refractivity contribution in [1.82, 2.24) is 34.6 Å². The van der Waals surface area contributed by atoms with Crippen molar-refractivity contribution in [1.29, 1.82) is 0 Å². The van der Waals surface area contributed by atoms with Gasteiger partial charge in [-0.25, -0.2) is 28.1 Å². The SMILES string of the molecule is CC(c1cnc(N2CC[C@H]2CN2CC(C(C)(C)O)C2)nc1)n1cc(NC(=O)c2cncc(-c3c(C(F)F)ccc(Cl)c3F)n2)cn1. The molecule has 2 aliphatic rings. The predicted molar refractivity (Wildman–Crippen MR) is 165 cm³/mol. The topological polar surface area (TPSA) is 125 Å². The molecule has 2 aliphatic heterocycles. The van der Waals surface area contributed by atoms with Gasteiger partial charge in [0.25, 0.3) is 12.3 Å². The fourth-order valence-corrected chi connectivity index (χ4v) is 5.78. The van der Waals surface area contributed by atoms with E-state index >= 15 is 0 Å². The lowest BCUT2D eigenvalue weighted by molar-refractivity contribution is -0.0646. The molecule has 0 spiro atoms. The molecule has 15 heteroatoms. The van der Waals surface area contributed by atoms with Crippen LogP contribution in [0, 0.1) is 11.7 Å². The molecule has 6 rings (SSSR count). The maximum absolute atomic E-state index is 14.7. The van der Waals surface area contributed by atoms with Crippen molar-refractivity contribution in [3.63, 3.8) is 0 Å². The lowest BCUT2D eigenvalue weighted by Gasteiger charge is -2.50. The van der Waals surface area contributed by atoms with E-state index < -0.39 is 34.9 Å². The molecule has 1 amide bonds. The average Bonchev–Trinajstić information content (AvgIpc) is 3.44. The summed E-state index contributed by atoms with van der Waals surface area (Å²) in [6.07, 6.45) is 6.92. The van der Waals surface area contributed by atoms with Crippen LogP contribution in [0.25, 0.3) is 11.3 Å². The monoisotopic (exact) mass is 655 g/mol. The minimum Gasteiger partial charge on any atom is -0.390 e. The predicted octanol–water partition coefficient (Wildman–Crippen LogP) is 5.00. The van der Waals surface area contributed by atoms with E-state index in [1.54, 1.807) is 23.3 Å². The molecular weight excluding hydrogens is 623 g/mol. The number of carbonyl (C=O) groups is 1. The van der Waals surface area contributed by atoms with E-state index in [2.05, 4.69) is 40.2 Å². The third-order valence-corrected chi connectivity index (χ3v) is 9.00. The maximum atomic E-state index is 14.7. The van der Waals surface area contributed by atoms with Crippen molar-refractivity contribution in [2.24, 2.45) is 5.92 Å². The fourth-order valence-electron chi connectivity index (χ4n) is 5.62. The van der Waals surface area contributed by atoms with Crippen LogP contribution in [0.3, 0.4) is 0 Å². The molecule has 0 saturated carbocycles. The molecule has 0 bridgehead atoms. The third kappa shape index (κ3) is 6.42. The Hall–Kier alpha value is -4.14. The Morgan fingerprint density at radius 1 is 1.15 bits per heavy atom. The van der Waals surface area contributed by atoms with Gasteiger partial charge in [-0.15, -0.1) is 0 Å². The van der Waals surface area contributed by atoms with E-state index in [1.807, 2.05) is 20.8 Å². The number of hydrogen-bond donors (Lipinski definition) is 2. The number of amides is 1. The quantitative estimate of drug-likeness (QED) is 0.243. The van der Waals surface area contributed by atoms with Crippen molar-refractivity contribution in [3.8, 4) is 11.3 Å². The maximum Gasteiger partial charge on any atom is 0.275 e. The molecule has 4 aromatic rings. The number of aromatic nitrogens is 6. The van der Waals surface area contributed by atoms with Crippen LogP contribution in [0.5, 0.6) is 0 Å². The molecule has 0 radical (unpaired) electrons. The lowest BCUT2D eigenvalue weighted by Crippen LogP contribution is -2.61. The van der Waals surface area contributed by atoms with E-state index in [0.717, 1.165) is 62.7 Å². The second-order valence-electron chi connectivity index (χ2n) is 12.3. The summed E-state index contributed by atoms with van der Waals surface area (Å²) in [7, 11) is 0. The molecule has 46 heavy (non-hydrogen) atoms. The zero-order valence-corrected chi connectivity index (χ0v) is 26.2. The van der Waals surface area contributed by atoms with Crippen LogP contribution in [0.1, 0.15) is 61.3 Å². The van der Waals surface area contributed by atoms with Gasteiger partial charge in [-0.2, -0.15) is 5.10 Å². The molecule has 242 valence electrons. The molecule has 2 atom stereocenters. The first kappa shape index (κ1) is 31.8. The van der Waals surface area contributed by atoms with Gasteiger partial charge in [0.2, 0.25) is 5.95 Å². The number of alkyl halides is 2. The minimum atomic E-state index is -2.99. The van der Waals surface area contributed by atoms with Crippen LogP contribution in [-0.2, 0) is 0 Å². The number of aliphatic hydroxyl groups is 1. The first-order valence-electron chi connectivity index (χ1n) is 14.9. The number of anilines is 2. The molecule has 5 heterocycles. The first-order chi connectivity index (χ1) is 21.9. The van der Waals surface area contributed by atoms with Crippen LogP contribution in [0.2, 0.25) is 5.02 Å². The van der Waals surface area contributed by atoms with Gasteiger partial charge in [0, 0.05) is 73.4 Å². The average molecular weight is 656 g/mol. The molecule has 11 nitrogen and oxygen atoms in total. The molecule has 1 unspecified atom stereocenters. The van der Waals surface area contributed by atoms with Gasteiger partial charge in [-0.3, -0.25) is 14.5 Å². The number of likely N-dealkylation sites (tertiary alicyclic amines) is 1. The Kier molecular flexibility index (Phi) is 8.70. The van der Waals surface area contributed by atoms with E-state index in [0.29, 0.717) is 23.6 Å². The van der Waals surface area contributed by atoms with E-state index in [9.17, 15) is 23.1 Å². The Labute approximate surface area is 268 Å². The summed E-state index contributed by atoms with van der Waals surface area (Å²) in [6, 6.07) is 2.13. The van der Waals surface area contributed by atoms with Gasteiger partial charge < -0.3 is 20.2 Å². The van der Waals surface area contributed by atoms with Crippen molar-refractivity contribution >= 4 is 29.1 Å². The largest absolute Gasteiger partial charge is 0.390 e. The Balaban J connectivity index is 1.08. The second kappa shape index (κ2) is 12.6. The first-order valence-corrected chi connectivity index (χ1v) is 15.2. The van der Waals surface area contributed by atoms with E-state index in [-0.39, 0.29) is 22.5 Å². The summed E-state index contributed by atoms with van der Waals surface area (Å²) in [4.78, 5) is 34.7. The standard InChI is InChI=1S/C31H33ClF3N9O2/c1-17(18-8-37-30(38-9-18)43-7-6-21(43)16-42-13-19(14-42)31(2,3)46)44-15-20(10-39-44)40-29(45)25-12-36-11-24(41-25)26-22(28(34)35)4-5-23(32)27(26)33/h4-5,8-12,15,17,19,21,28,46H,6-7,13-14,16H2,1-3H3,(H,40,45)/t17?,21-/m0/s1. The highest BCUT2D eigenvalue weighted by atomic mass is 35.5. The highest BCUT2D eigenvalue weighted by Crippen LogP contribution is 2.35. The smallest absolute Gasteiger partial charge is 0.275 e. The normalized spacial score (nSPS) is 17.9. The van der Waals surface area contributed by atoms with E-state index in [4.69, 9.17) is 11.6 Å². The Morgan fingerprint density at radius 3 is 2.54 bits per heavy atom. The number of rotatable bonds is 10. The molecule has 1 aromatic carbocycles. The summed E-state index contributed by atoms with van der Waals surface area (Å²) in [5.41, 5.74) is -1.08. The number of benzene rings is 1. The lowest BCUT2D eigenvalue weighted by atomic mass is 9.84. The van der Waals surface area contributed by atoms with Crippen LogP contribution in [-0.4, -0.2) is 83.5 Å².